The molecule has 8 heteroatoms. The maximum Gasteiger partial charge on any atom is 0.250 e. The summed E-state index contributed by atoms with van der Waals surface area (Å²) in [6.45, 7) is 2.30. The van der Waals surface area contributed by atoms with Crippen LogP contribution in [-0.2, 0) is 20.9 Å². The van der Waals surface area contributed by atoms with Crippen molar-refractivity contribution < 1.29 is 14.3 Å². The fraction of sp³-hybridized carbons (Fsp3) is 0.643. The largest absolute Gasteiger partial charge is 0.375 e. The second kappa shape index (κ2) is 8.14. The molecule has 7 nitrogen and oxygen atoms in total. The lowest BCUT2D eigenvalue weighted by molar-refractivity contribution is -0.129. The van der Waals surface area contributed by atoms with Crippen molar-refractivity contribution in [3.63, 3.8) is 0 Å². The van der Waals surface area contributed by atoms with E-state index in [0.717, 1.165) is 32.5 Å². The minimum absolute atomic E-state index is 0.00217. The van der Waals surface area contributed by atoms with E-state index in [9.17, 15) is 9.59 Å². The minimum atomic E-state index is -0.199. The van der Waals surface area contributed by atoms with E-state index in [1.165, 1.54) is 7.11 Å². The molecule has 2 amide bonds. The highest BCUT2D eigenvalue weighted by Gasteiger charge is 2.22. The van der Waals surface area contributed by atoms with Gasteiger partial charge in [-0.15, -0.1) is 11.6 Å². The van der Waals surface area contributed by atoms with Crippen molar-refractivity contribution in [1.29, 1.82) is 0 Å². The van der Waals surface area contributed by atoms with Crippen LogP contribution < -0.4 is 5.32 Å². The number of anilines is 1. The highest BCUT2D eigenvalue weighted by molar-refractivity contribution is 6.27. The van der Waals surface area contributed by atoms with Crippen molar-refractivity contribution in [2.75, 3.05) is 38.0 Å². The lowest BCUT2D eigenvalue weighted by Crippen LogP contribution is -2.40. The number of hydrogen-bond acceptors (Lipinski definition) is 4. The summed E-state index contributed by atoms with van der Waals surface area (Å²) in [7, 11) is 1.48. The van der Waals surface area contributed by atoms with Gasteiger partial charge in [-0.05, 0) is 18.8 Å². The summed E-state index contributed by atoms with van der Waals surface area (Å²) in [6.07, 6.45) is 5.31. The number of hydrogen-bond donors (Lipinski definition) is 1. The molecular formula is C14H21ClN4O3. The smallest absolute Gasteiger partial charge is 0.250 e. The normalized spacial score (nSPS) is 15.8. The molecule has 1 aromatic rings. The van der Waals surface area contributed by atoms with Crippen LogP contribution >= 0.6 is 11.6 Å². The number of nitrogens with one attached hydrogen (secondary N) is 1. The Morgan fingerprint density at radius 1 is 1.45 bits per heavy atom. The van der Waals surface area contributed by atoms with Gasteiger partial charge in [-0.3, -0.25) is 14.3 Å². The van der Waals surface area contributed by atoms with Crippen molar-refractivity contribution in [3.8, 4) is 0 Å². The minimum Gasteiger partial charge on any atom is -0.375 e. The number of carbonyl (C=O) groups is 2. The number of halogens is 1. The highest BCUT2D eigenvalue weighted by Crippen LogP contribution is 2.20. The number of likely N-dealkylation sites (tertiary alicyclic amines) is 1. The molecule has 1 fully saturated rings. The van der Waals surface area contributed by atoms with E-state index in [-0.39, 0.29) is 24.3 Å². The summed E-state index contributed by atoms with van der Waals surface area (Å²) in [5.74, 6) is 0.327. The van der Waals surface area contributed by atoms with Gasteiger partial charge in [0.25, 0.3) is 0 Å². The topological polar surface area (TPSA) is 76.5 Å². The first-order chi connectivity index (χ1) is 10.6. The molecule has 0 unspecified atom stereocenters. The summed E-state index contributed by atoms with van der Waals surface area (Å²) in [6, 6.07) is 0. The molecule has 0 bridgehead atoms. The van der Waals surface area contributed by atoms with E-state index in [4.69, 9.17) is 16.3 Å². The zero-order chi connectivity index (χ0) is 15.9. The maximum absolute atomic E-state index is 11.5. The first-order valence-corrected chi connectivity index (χ1v) is 7.80. The summed E-state index contributed by atoms with van der Waals surface area (Å²) in [4.78, 5) is 24.7. The van der Waals surface area contributed by atoms with E-state index in [1.54, 1.807) is 6.20 Å². The quantitative estimate of drug-likeness (QED) is 0.789. The van der Waals surface area contributed by atoms with Gasteiger partial charge in [-0.25, -0.2) is 0 Å². The second-order valence-corrected chi connectivity index (χ2v) is 5.66. The molecule has 22 heavy (non-hydrogen) atoms. The van der Waals surface area contributed by atoms with Crippen molar-refractivity contribution >= 4 is 29.1 Å². The van der Waals surface area contributed by atoms with E-state index in [2.05, 4.69) is 10.4 Å². The Morgan fingerprint density at radius 3 is 2.82 bits per heavy atom. The highest BCUT2D eigenvalue weighted by atomic mass is 35.5. The molecule has 0 aromatic carbocycles. The molecule has 1 aromatic heterocycles. The van der Waals surface area contributed by atoms with Gasteiger partial charge in [0, 0.05) is 32.9 Å². The lowest BCUT2D eigenvalue weighted by atomic mass is 9.97. The molecular weight excluding hydrogens is 308 g/mol. The number of nitrogens with zero attached hydrogens (tertiary/aromatic N) is 3. The van der Waals surface area contributed by atoms with Crippen LogP contribution in [0.3, 0.4) is 0 Å². The van der Waals surface area contributed by atoms with E-state index < -0.39 is 0 Å². The predicted molar refractivity (Wildman–Crippen MR) is 82.8 cm³/mol. The zero-order valence-electron chi connectivity index (χ0n) is 12.6. The SMILES string of the molecule is COCC(=O)Nc1cnn(CC2CCN(C(=O)CCl)CC2)c1. The Kier molecular flexibility index (Phi) is 6.21. The number of rotatable bonds is 6. The fourth-order valence-corrected chi connectivity index (χ4v) is 2.74. The number of ether oxygens (including phenoxy) is 1. The third kappa shape index (κ3) is 4.71. The van der Waals surface area contributed by atoms with Crippen molar-refractivity contribution in [2.45, 2.75) is 19.4 Å². The van der Waals surface area contributed by atoms with Gasteiger partial charge in [0.15, 0.2) is 0 Å². The molecule has 1 saturated heterocycles. The Hall–Kier alpha value is -1.60. The summed E-state index contributed by atoms with van der Waals surface area (Å²) in [5.41, 5.74) is 0.664. The van der Waals surface area contributed by atoms with Crippen LogP contribution in [0.15, 0.2) is 12.4 Å². The first kappa shape index (κ1) is 16.8. The monoisotopic (exact) mass is 328 g/mol. The lowest BCUT2D eigenvalue weighted by Gasteiger charge is -2.31. The van der Waals surface area contributed by atoms with Crippen LogP contribution in [0.5, 0.6) is 0 Å². The van der Waals surface area contributed by atoms with Crippen LogP contribution in [0.25, 0.3) is 0 Å². The molecule has 122 valence electrons. The van der Waals surface area contributed by atoms with Crippen LogP contribution in [0.2, 0.25) is 0 Å². The van der Waals surface area contributed by atoms with Gasteiger partial charge in [0.1, 0.15) is 12.5 Å². The van der Waals surface area contributed by atoms with Crippen molar-refractivity contribution in [2.24, 2.45) is 5.92 Å². The number of aromatic nitrogens is 2. The van der Waals surface area contributed by atoms with Crippen molar-refractivity contribution in [3.05, 3.63) is 12.4 Å². The number of carbonyl (C=O) groups excluding carboxylic acids is 2. The molecule has 2 heterocycles. The van der Waals surface area contributed by atoms with Gasteiger partial charge in [-0.1, -0.05) is 0 Å². The van der Waals surface area contributed by atoms with Gasteiger partial charge in [0.05, 0.1) is 11.9 Å². The standard InChI is InChI=1S/C14H21ClN4O3/c1-22-10-13(20)17-12-7-16-19(9-12)8-11-2-4-18(5-3-11)14(21)6-15/h7,9,11H,2-6,8,10H2,1H3,(H,17,20). The second-order valence-electron chi connectivity index (χ2n) is 5.39. The third-order valence-corrected chi connectivity index (χ3v) is 3.95. The van der Waals surface area contributed by atoms with Crippen LogP contribution in [0, 0.1) is 5.92 Å². The first-order valence-electron chi connectivity index (χ1n) is 7.27. The van der Waals surface area contributed by atoms with Crippen LogP contribution in [0.4, 0.5) is 5.69 Å². The molecule has 0 atom stereocenters. The Balaban J connectivity index is 1.79. The van der Waals surface area contributed by atoms with Crippen LogP contribution in [-0.4, -0.2) is 59.2 Å². The number of alkyl halides is 1. The van der Waals surface area contributed by atoms with E-state index >= 15 is 0 Å². The molecule has 1 aliphatic heterocycles. The summed E-state index contributed by atoms with van der Waals surface area (Å²) in [5, 5.41) is 6.97. The number of amides is 2. The van der Waals surface area contributed by atoms with Gasteiger partial charge in [0.2, 0.25) is 11.8 Å². The molecule has 0 radical (unpaired) electrons. The molecule has 0 saturated carbocycles. The Morgan fingerprint density at radius 2 is 2.18 bits per heavy atom. The van der Waals surface area contributed by atoms with Crippen molar-refractivity contribution in [1.82, 2.24) is 14.7 Å². The van der Waals surface area contributed by atoms with Gasteiger partial charge >= 0.3 is 0 Å². The maximum atomic E-state index is 11.5. The van der Waals surface area contributed by atoms with E-state index in [0.29, 0.717) is 11.6 Å². The van der Waals surface area contributed by atoms with Gasteiger partial charge in [-0.2, -0.15) is 5.10 Å². The Labute approximate surface area is 134 Å². The van der Waals surface area contributed by atoms with E-state index in [1.807, 2.05) is 15.8 Å². The molecule has 0 aliphatic carbocycles. The zero-order valence-corrected chi connectivity index (χ0v) is 13.4. The Bertz CT molecular complexity index is 512. The molecule has 1 aliphatic rings. The predicted octanol–water partition coefficient (Wildman–Crippen LogP) is 0.945. The number of piperidine rings is 1. The number of methoxy groups -OCH3 is 1. The third-order valence-electron chi connectivity index (χ3n) is 3.72. The summed E-state index contributed by atoms with van der Waals surface area (Å²) < 4.78 is 6.59. The molecule has 0 spiro atoms. The molecule has 1 N–H and O–H groups in total. The van der Waals surface area contributed by atoms with Crippen LogP contribution in [0.1, 0.15) is 12.8 Å². The van der Waals surface area contributed by atoms with Gasteiger partial charge < -0.3 is 15.0 Å². The average Bonchev–Trinajstić information content (AvgIpc) is 2.94. The summed E-state index contributed by atoms with van der Waals surface area (Å²) >= 11 is 5.57. The fourth-order valence-electron chi connectivity index (χ4n) is 2.57. The average molecular weight is 329 g/mol. The molecule has 2 rings (SSSR count).